The molecule has 2 atom stereocenters. The van der Waals surface area contributed by atoms with Crippen LogP contribution in [0.25, 0.3) is 0 Å². The summed E-state index contributed by atoms with van der Waals surface area (Å²) in [7, 11) is 1.90. The average molecular weight is 194 g/mol. The zero-order chi connectivity index (χ0) is 10.3. The first kappa shape index (κ1) is 9.71. The molecule has 0 aliphatic heterocycles. The number of aromatic nitrogens is 2. The summed E-state index contributed by atoms with van der Waals surface area (Å²) in [6, 6.07) is 0. The molecule has 1 aliphatic carbocycles. The molecule has 1 saturated carbocycles. The van der Waals surface area contributed by atoms with Crippen molar-refractivity contribution in [3.63, 3.8) is 0 Å². The molecule has 2 unspecified atom stereocenters. The van der Waals surface area contributed by atoms with Gasteiger partial charge in [0.05, 0.1) is 11.3 Å². The SMILES string of the molecule is CCCC1CC1(O)c1cn(C)nc1C. The highest BCUT2D eigenvalue weighted by Crippen LogP contribution is 2.54. The Labute approximate surface area is 84.7 Å². The third kappa shape index (κ3) is 1.36. The lowest BCUT2D eigenvalue weighted by atomic mass is 10.1. The van der Waals surface area contributed by atoms with Crippen molar-refractivity contribution in [1.82, 2.24) is 9.78 Å². The summed E-state index contributed by atoms with van der Waals surface area (Å²) in [6.07, 6.45) is 5.12. The van der Waals surface area contributed by atoms with Crippen LogP contribution in [0.3, 0.4) is 0 Å². The molecular formula is C11H18N2O. The third-order valence-corrected chi connectivity index (χ3v) is 3.19. The Balaban J connectivity index is 2.20. The second-order valence-electron chi connectivity index (χ2n) is 4.42. The topological polar surface area (TPSA) is 38.0 Å². The Kier molecular flexibility index (Phi) is 2.14. The molecule has 0 spiro atoms. The van der Waals surface area contributed by atoms with E-state index in [1.165, 1.54) is 0 Å². The highest BCUT2D eigenvalue weighted by atomic mass is 16.3. The van der Waals surface area contributed by atoms with E-state index in [1.807, 2.05) is 20.2 Å². The van der Waals surface area contributed by atoms with Crippen LogP contribution in [0.1, 0.15) is 37.4 Å². The second-order valence-corrected chi connectivity index (χ2v) is 4.42. The van der Waals surface area contributed by atoms with Gasteiger partial charge in [0.25, 0.3) is 0 Å². The molecule has 1 fully saturated rings. The maximum absolute atomic E-state index is 10.3. The van der Waals surface area contributed by atoms with Crippen molar-refractivity contribution in [3.05, 3.63) is 17.5 Å². The van der Waals surface area contributed by atoms with Crippen LogP contribution in [0.4, 0.5) is 0 Å². The lowest BCUT2D eigenvalue weighted by molar-refractivity contribution is 0.128. The second kappa shape index (κ2) is 3.09. The minimum atomic E-state index is -0.561. The van der Waals surface area contributed by atoms with Crippen molar-refractivity contribution in [2.24, 2.45) is 13.0 Å². The summed E-state index contributed by atoms with van der Waals surface area (Å²) in [5, 5.41) is 14.6. The quantitative estimate of drug-likeness (QED) is 0.795. The molecular weight excluding hydrogens is 176 g/mol. The minimum Gasteiger partial charge on any atom is -0.385 e. The lowest BCUT2D eigenvalue weighted by Gasteiger charge is -2.08. The molecule has 0 amide bonds. The number of rotatable bonds is 3. The van der Waals surface area contributed by atoms with Gasteiger partial charge in [-0.2, -0.15) is 5.10 Å². The fourth-order valence-electron chi connectivity index (χ4n) is 2.36. The summed E-state index contributed by atoms with van der Waals surface area (Å²) in [6.45, 7) is 4.13. The van der Waals surface area contributed by atoms with Gasteiger partial charge in [-0.05, 0) is 25.7 Å². The molecule has 0 bridgehead atoms. The zero-order valence-corrected chi connectivity index (χ0v) is 9.12. The highest BCUT2D eigenvalue weighted by molar-refractivity contribution is 5.30. The van der Waals surface area contributed by atoms with E-state index >= 15 is 0 Å². The van der Waals surface area contributed by atoms with E-state index in [1.54, 1.807) is 4.68 Å². The molecule has 1 aromatic heterocycles. The molecule has 0 saturated heterocycles. The molecule has 1 N–H and O–H groups in total. The number of hydrogen-bond acceptors (Lipinski definition) is 2. The van der Waals surface area contributed by atoms with E-state index in [9.17, 15) is 5.11 Å². The van der Waals surface area contributed by atoms with E-state index in [4.69, 9.17) is 0 Å². The number of aliphatic hydroxyl groups is 1. The highest BCUT2D eigenvalue weighted by Gasteiger charge is 2.54. The van der Waals surface area contributed by atoms with Crippen LogP contribution in [0, 0.1) is 12.8 Å². The van der Waals surface area contributed by atoms with Gasteiger partial charge in [-0.15, -0.1) is 0 Å². The molecule has 1 aliphatic rings. The minimum absolute atomic E-state index is 0.454. The fourth-order valence-corrected chi connectivity index (χ4v) is 2.36. The molecule has 14 heavy (non-hydrogen) atoms. The Bertz CT molecular complexity index is 345. The standard InChI is InChI=1S/C11H18N2O/c1-4-5-9-6-11(9,14)10-7-13(3)12-8(10)2/h7,9,14H,4-6H2,1-3H3. The molecule has 0 aromatic carbocycles. The van der Waals surface area contributed by atoms with Crippen molar-refractivity contribution in [2.75, 3.05) is 0 Å². The van der Waals surface area contributed by atoms with E-state index in [0.717, 1.165) is 30.5 Å². The Morgan fingerprint density at radius 2 is 2.43 bits per heavy atom. The predicted octanol–water partition coefficient (Wildman–Crippen LogP) is 1.74. The molecule has 1 heterocycles. The van der Waals surface area contributed by atoms with Crippen LogP contribution in [0.15, 0.2) is 6.20 Å². The summed E-state index contributed by atoms with van der Waals surface area (Å²) < 4.78 is 1.78. The fraction of sp³-hybridized carbons (Fsp3) is 0.727. The van der Waals surface area contributed by atoms with Crippen molar-refractivity contribution >= 4 is 0 Å². The van der Waals surface area contributed by atoms with E-state index in [-0.39, 0.29) is 0 Å². The average Bonchev–Trinajstić information content (AvgIpc) is 2.60. The van der Waals surface area contributed by atoms with Gasteiger partial charge in [0.2, 0.25) is 0 Å². The summed E-state index contributed by atoms with van der Waals surface area (Å²) in [4.78, 5) is 0. The van der Waals surface area contributed by atoms with Crippen molar-refractivity contribution in [3.8, 4) is 0 Å². The predicted molar refractivity (Wildman–Crippen MR) is 54.9 cm³/mol. The normalized spacial score (nSPS) is 30.7. The van der Waals surface area contributed by atoms with Crippen molar-refractivity contribution < 1.29 is 5.11 Å². The monoisotopic (exact) mass is 194 g/mol. The van der Waals surface area contributed by atoms with Crippen LogP contribution < -0.4 is 0 Å². The Morgan fingerprint density at radius 1 is 1.71 bits per heavy atom. The van der Waals surface area contributed by atoms with Crippen LogP contribution >= 0.6 is 0 Å². The Morgan fingerprint density at radius 3 is 2.93 bits per heavy atom. The van der Waals surface area contributed by atoms with Crippen LogP contribution in [0.2, 0.25) is 0 Å². The van der Waals surface area contributed by atoms with Gasteiger partial charge >= 0.3 is 0 Å². The third-order valence-electron chi connectivity index (χ3n) is 3.19. The summed E-state index contributed by atoms with van der Waals surface area (Å²) in [5.74, 6) is 0.454. The largest absolute Gasteiger partial charge is 0.385 e. The van der Waals surface area contributed by atoms with Crippen LogP contribution in [-0.2, 0) is 12.6 Å². The first-order valence-corrected chi connectivity index (χ1v) is 5.31. The van der Waals surface area contributed by atoms with Crippen molar-refractivity contribution in [2.45, 2.75) is 38.7 Å². The zero-order valence-electron chi connectivity index (χ0n) is 9.12. The van der Waals surface area contributed by atoms with Crippen LogP contribution in [0.5, 0.6) is 0 Å². The number of aryl methyl sites for hydroxylation is 2. The molecule has 78 valence electrons. The first-order valence-electron chi connectivity index (χ1n) is 5.31. The molecule has 1 aromatic rings. The van der Waals surface area contributed by atoms with E-state index in [0.29, 0.717) is 5.92 Å². The van der Waals surface area contributed by atoms with Gasteiger partial charge in [0, 0.05) is 18.8 Å². The van der Waals surface area contributed by atoms with Gasteiger partial charge in [0.1, 0.15) is 0 Å². The smallest absolute Gasteiger partial charge is 0.0962 e. The van der Waals surface area contributed by atoms with E-state index in [2.05, 4.69) is 12.0 Å². The van der Waals surface area contributed by atoms with Gasteiger partial charge in [-0.25, -0.2) is 0 Å². The first-order chi connectivity index (χ1) is 6.58. The number of nitrogens with zero attached hydrogens (tertiary/aromatic N) is 2. The Hall–Kier alpha value is -0.830. The van der Waals surface area contributed by atoms with Gasteiger partial charge in [-0.1, -0.05) is 13.3 Å². The maximum Gasteiger partial charge on any atom is 0.0962 e. The maximum atomic E-state index is 10.3. The molecule has 2 rings (SSSR count). The van der Waals surface area contributed by atoms with Gasteiger partial charge in [0.15, 0.2) is 0 Å². The van der Waals surface area contributed by atoms with Gasteiger partial charge in [-0.3, -0.25) is 4.68 Å². The lowest BCUT2D eigenvalue weighted by Crippen LogP contribution is -2.09. The summed E-state index contributed by atoms with van der Waals surface area (Å²) in [5.41, 5.74) is 1.43. The van der Waals surface area contributed by atoms with E-state index < -0.39 is 5.60 Å². The molecule has 3 heteroatoms. The summed E-state index contributed by atoms with van der Waals surface area (Å²) >= 11 is 0. The molecule has 0 radical (unpaired) electrons. The van der Waals surface area contributed by atoms with Gasteiger partial charge < -0.3 is 5.11 Å². The van der Waals surface area contributed by atoms with Crippen LogP contribution in [-0.4, -0.2) is 14.9 Å². The number of hydrogen-bond donors (Lipinski definition) is 1. The molecule has 3 nitrogen and oxygen atoms in total. The van der Waals surface area contributed by atoms with Crippen molar-refractivity contribution in [1.29, 1.82) is 0 Å².